The van der Waals surface area contributed by atoms with Crippen LogP contribution in [-0.2, 0) is 0 Å². The molecule has 1 N–H and O–H groups in total. The monoisotopic (exact) mass is 183 g/mol. The minimum Gasteiger partial charge on any atom is -0.387 e. The molecule has 2 fully saturated rings. The highest BCUT2D eigenvalue weighted by atomic mass is 16.3. The van der Waals surface area contributed by atoms with Gasteiger partial charge in [-0.2, -0.15) is 0 Å². The van der Waals surface area contributed by atoms with Crippen molar-refractivity contribution in [3.8, 4) is 0 Å². The SMILES string of the molecule is CCC1(O)CN(C2CCCCC2)C1. The van der Waals surface area contributed by atoms with Gasteiger partial charge in [-0.05, 0) is 19.3 Å². The van der Waals surface area contributed by atoms with Crippen molar-refractivity contribution >= 4 is 0 Å². The van der Waals surface area contributed by atoms with Gasteiger partial charge in [0.2, 0.25) is 0 Å². The molecule has 76 valence electrons. The molecule has 0 atom stereocenters. The molecule has 0 amide bonds. The van der Waals surface area contributed by atoms with Gasteiger partial charge in [-0.25, -0.2) is 0 Å². The molecule has 0 spiro atoms. The Morgan fingerprint density at radius 2 is 1.85 bits per heavy atom. The molecule has 1 heterocycles. The summed E-state index contributed by atoms with van der Waals surface area (Å²) in [5.74, 6) is 0. The van der Waals surface area contributed by atoms with Gasteiger partial charge in [0, 0.05) is 19.1 Å². The lowest BCUT2D eigenvalue weighted by atomic mass is 9.85. The standard InChI is InChI=1S/C11H21NO/c1-2-11(13)8-12(9-11)10-6-4-3-5-7-10/h10,13H,2-9H2,1H3. The fraction of sp³-hybridized carbons (Fsp3) is 1.00. The van der Waals surface area contributed by atoms with E-state index in [1.165, 1.54) is 32.1 Å². The molecule has 1 saturated heterocycles. The number of rotatable bonds is 2. The molecule has 2 aliphatic rings. The Morgan fingerprint density at radius 3 is 2.38 bits per heavy atom. The Hall–Kier alpha value is -0.0800. The molecule has 0 radical (unpaired) electrons. The number of hydrogen-bond acceptors (Lipinski definition) is 2. The van der Waals surface area contributed by atoms with Crippen LogP contribution < -0.4 is 0 Å². The van der Waals surface area contributed by atoms with E-state index in [0.29, 0.717) is 0 Å². The summed E-state index contributed by atoms with van der Waals surface area (Å²) in [4.78, 5) is 2.47. The molecule has 0 unspecified atom stereocenters. The summed E-state index contributed by atoms with van der Waals surface area (Å²) < 4.78 is 0. The van der Waals surface area contributed by atoms with Crippen LogP contribution in [0.2, 0.25) is 0 Å². The maximum Gasteiger partial charge on any atom is 0.0897 e. The average Bonchev–Trinajstić information content (AvgIpc) is 2.14. The maximum absolute atomic E-state index is 9.88. The maximum atomic E-state index is 9.88. The number of hydrogen-bond donors (Lipinski definition) is 1. The molecule has 1 aliphatic heterocycles. The van der Waals surface area contributed by atoms with Crippen molar-refractivity contribution in [2.75, 3.05) is 13.1 Å². The van der Waals surface area contributed by atoms with Crippen molar-refractivity contribution < 1.29 is 5.11 Å². The van der Waals surface area contributed by atoms with Gasteiger partial charge in [0.05, 0.1) is 5.60 Å². The lowest BCUT2D eigenvalue weighted by molar-refractivity contribution is -0.121. The molecule has 0 aromatic carbocycles. The van der Waals surface area contributed by atoms with Crippen LogP contribution in [0.15, 0.2) is 0 Å². The second kappa shape index (κ2) is 3.58. The summed E-state index contributed by atoms with van der Waals surface area (Å²) in [6.45, 7) is 3.93. The molecular weight excluding hydrogens is 162 g/mol. The zero-order valence-corrected chi connectivity index (χ0v) is 8.63. The summed E-state index contributed by atoms with van der Waals surface area (Å²) in [5, 5.41) is 9.88. The van der Waals surface area contributed by atoms with Gasteiger partial charge in [0.15, 0.2) is 0 Å². The van der Waals surface area contributed by atoms with Gasteiger partial charge in [0.1, 0.15) is 0 Å². The molecule has 0 bridgehead atoms. The molecule has 2 rings (SSSR count). The third-order valence-corrected chi connectivity index (χ3v) is 3.74. The van der Waals surface area contributed by atoms with Crippen LogP contribution in [0.4, 0.5) is 0 Å². The van der Waals surface area contributed by atoms with Crippen LogP contribution in [-0.4, -0.2) is 34.7 Å². The topological polar surface area (TPSA) is 23.5 Å². The zero-order valence-electron chi connectivity index (χ0n) is 8.63. The highest BCUT2D eigenvalue weighted by Gasteiger charge is 2.42. The van der Waals surface area contributed by atoms with Crippen molar-refractivity contribution in [1.82, 2.24) is 4.90 Å². The van der Waals surface area contributed by atoms with E-state index < -0.39 is 0 Å². The van der Waals surface area contributed by atoms with Gasteiger partial charge in [-0.15, -0.1) is 0 Å². The predicted molar refractivity (Wildman–Crippen MR) is 53.7 cm³/mol. The quantitative estimate of drug-likeness (QED) is 0.705. The normalized spacial score (nSPS) is 30.0. The van der Waals surface area contributed by atoms with Gasteiger partial charge >= 0.3 is 0 Å². The highest BCUT2D eigenvalue weighted by Crippen LogP contribution is 2.31. The Bertz CT molecular complexity index is 169. The van der Waals surface area contributed by atoms with E-state index in [4.69, 9.17) is 0 Å². The molecule has 0 aromatic heterocycles. The minimum atomic E-state index is -0.336. The largest absolute Gasteiger partial charge is 0.387 e. The second-order valence-electron chi connectivity index (χ2n) is 4.77. The van der Waals surface area contributed by atoms with E-state index in [9.17, 15) is 5.11 Å². The van der Waals surface area contributed by atoms with Crippen LogP contribution in [0.1, 0.15) is 45.4 Å². The van der Waals surface area contributed by atoms with Crippen LogP contribution in [0, 0.1) is 0 Å². The Balaban J connectivity index is 1.78. The third-order valence-electron chi connectivity index (χ3n) is 3.74. The number of β-amino-alcohol motifs (C(OH)–C–C–N with tert-alkyl or cyclic N) is 1. The van der Waals surface area contributed by atoms with E-state index in [1.807, 2.05) is 0 Å². The van der Waals surface area contributed by atoms with Gasteiger partial charge in [-0.3, -0.25) is 4.90 Å². The summed E-state index contributed by atoms with van der Waals surface area (Å²) in [5.41, 5.74) is -0.336. The van der Waals surface area contributed by atoms with Gasteiger partial charge in [0.25, 0.3) is 0 Å². The summed E-state index contributed by atoms with van der Waals surface area (Å²) in [7, 11) is 0. The first-order valence-corrected chi connectivity index (χ1v) is 5.70. The molecule has 2 heteroatoms. The van der Waals surface area contributed by atoms with Gasteiger partial charge in [-0.1, -0.05) is 26.2 Å². The summed E-state index contributed by atoms with van der Waals surface area (Å²) >= 11 is 0. The van der Waals surface area contributed by atoms with Crippen LogP contribution >= 0.6 is 0 Å². The van der Waals surface area contributed by atoms with Crippen LogP contribution in [0.3, 0.4) is 0 Å². The summed E-state index contributed by atoms with van der Waals surface area (Å²) in [6, 6.07) is 0.792. The van der Waals surface area contributed by atoms with Crippen molar-refractivity contribution in [1.29, 1.82) is 0 Å². The Labute approximate surface area is 80.9 Å². The van der Waals surface area contributed by atoms with Gasteiger partial charge < -0.3 is 5.11 Å². The molecule has 1 saturated carbocycles. The molecule has 0 aromatic rings. The molecular formula is C11H21NO. The summed E-state index contributed by atoms with van der Waals surface area (Å²) in [6.07, 6.45) is 7.84. The van der Waals surface area contributed by atoms with Crippen molar-refractivity contribution in [3.05, 3.63) is 0 Å². The van der Waals surface area contributed by atoms with E-state index >= 15 is 0 Å². The number of likely N-dealkylation sites (tertiary alicyclic amines) is 1. The Kier molecular flexibility index (Phi) is 2.61. The van der Waals surface area contributed by atoms with Crippen molar-refractivity contribution in [3.63, 3.8) is 0 Å². The Morgan fingerprint density at radius 1 is 1.23 bits per heavy atom. The lowest BCUT2D eigenvalue weighted by Gasteiger charge is -2.51. The highest BCUT2D eigenvalue weighted by molar-refractivity contribution is 4.97. The molecule has 1 aliphatic carbocycles. The third kappa shape index (κ3) is 1.89. The second-order valence-corrected chi connectivity index (χ2v) is 4.77. The fourth-order valence-electron chi connectivity index (χ4n) is 2.64. The number of nitrogens with zero attached hydrogens (tertiary/aromatic N) is 1. The van der Waals surface area contributed by atoms with Crippen LogP contribution in [0.5, 0.6) is 0 Å². The number of aliphatic hydroxyl groups is 1. The van der Waals surface area contributed by atoms with Crippen molar-refractivity contribution in [2.24, 2.45) is 0 Å². The predicted octanol–water partition coefficient (Wildman–Crippen LogP) is 1.78. The first-order valence-electron chi connectivity index (χ1n) is 5.70. The van der Waals surface area contributed by atoms with Crippen LogP contribution in [0.25, 0.3) is 0 Å². The average molecular weight is 183 g/mol. The van der Waals surface area contributed by atoms with E-state index in [-0.39, 0.29) is 5.60 Å². The van der Waals surface area contributed by atoms with E-state index in [0.717, 1.165) is 25.6 Å². The lowest BCUT2D eigenvalue weighted by Crippen LogP contribution is -2.64. The fourth-order valence-corrected chi connectivity index (χ4v) is 2.64. The molecule has 2 nitrogen and oxygen atoms in total. The van der Waals surface area contributed by atoms with E-state index in [2.05, 4.69) is 11.8 Å². The molecule has 13 heavy (non-hydrogen) atoms. The van der Waals surface area contributed by atoms with E-state index in [1.54, 1.807) is 0 Å². The van der Waals surface area contributed by atoms with Crippen molar-refractivity contribution in [2.45, 2.75) is 57.1 Å². The smallest absolute Gasteiger partial charge is 0.0897 e. The zero-order chi connectivity index (χ0) is 9.31. The minimum absolute atomic E-state index is 0.336. The first-order chi connectivity index (χ1) is 6.23. The first kappa shape index (κ1) is 9.47.